The Balaban J connectivity index is 1.09. The fraction of sp³-hybridized carbons (Fsp3) is 0.243. The number of benzene rings is 4. The molecule has 0 saturated heterocycles. The molecule has 6 rings (SSSR count). The highest BCUT2D eigenvalue weighted by Crippen LogP contribution is 2.33. The molecule has 0 saturated carbocycles. The molecule has 1 aromatic heterocycles. The van der Waals surface area contributed by atoms with Crippen molar-refractivity contribution in [2.45, 2.75) is 52.0 Å². The lowest BCUT2D eigenvalue weighted by molar-refractivity contribution is 0.0933. The third kappa shape index (κ3) is 8.71. The molecule has 0 fully saturated rings. The van der Waals surface area contributed by atoms with Crippen LogP contribution < -0.4 is 19.5 Å². The topological polar surface area (TPSA) is 72.9 Å². The van der Waals surface area contributed by atoms with Crippen molar-refractivity contribution in [1.82, 2.24) is 15.2 Å². The summed E-state index contributed by atoms with van der Waals surface area (Å²) in [6.45, 7) is 4.80. The number of carbonyl (C=O) groups excluding carboxylic acids is 1. The van der Waals surface area contributed by atoms with Crippen LogP contribution in [0, 0.1) is 0 Å². The number of ether oxygens (including phenoxy) is 3. The summed E-state index contributed by atoms with van der Waals surface area (Å²) in [5, 5.41) is 5.86. The standard InChI is InChI=1S/C37H37N3O4S/c1-27(12-13-28-8-4-2-5-9-28)38-37(41)33-25-45-36(39-33)23-40(22-31-16-19-34-35(20-31)44-26-43-34)21-29-14-17-32(18-15-29)42-24-30-10-6-3-7-11-30/h2-11,14-20,25,27H,12-13,21-24,26H2,1H3,(H,38,41). The van der Waals surface area contributed by atoms with Gasteiger partial charge in [0, 0.05) is 24.5 Å². The minimum absolute atomic E-state index is 0.0463. The van der Waals surface area contributed by atoms with Gasteiger partial charge in [-0.3, -0.25) is 9.69 Å². The lowest BCUT2D eigenvalue weighted by Gasteiger charge is -2.22. The predicted octanol–water partition coefficient (Wildman–Crippen LogP) is 7.40. The van der Waals surface area contributed by atoms with Crippen LogP contribution in [-0.2, 0) is 32.7 Å². The first-order valence-corrected chi connectivity index (χ1v) is 16.1. The second-order valence-electron chi connectivity index (χ2n) is 11.3. The molecule has 230 valence electrons. The summed E-state index contributed by atoms with van der Waals surface area (Å²) >= 11 is 1.51. The number of fused-ring (bicyclic) bond motifs is 1. The van der Waals surface area contributed by atoms with Gasteiger partial charge >= 0.3 is 0 Å². The number of amides is 1. The molecule has 1 N–H and O–H groups in total. The highest BCUT2D eigenvalue weighted by Gasteiger charge is 2.18. The van der Waals surface area contributed by atoms with Crippen molar-refractivity contribution in [2.24, 2.45) is 0 Å². The van der Waals surface area contributed by atoms with Crippen molar-refractivity contribution >= 4 is 17.2 Å². The Labute approximate surface area is 268 Å². The Bertz CT molecular complexity index is 1680. The van der Waals surface area contributed by atoms with Crippen LogP contribution in [0.25, 0.3) is 0 Å². The number of aromatic nitrogens is 1. The molecule has 8 heteroatoms. The first kappa shape index (κ1) is 30.4. The van der Waals surface area contributed by atoms with E-state index in [4.69, 9.17) is 19.2 Å². The van der Waals surface area contributed by atoms with E-state index in [2.05, 4.69) is 52.7 Å². The van der Waals surface area contributed by atoms with E-state index < -0.39 is 0 Å². The van der Waals surface area contributed by atoms with E-state index in [0.29, 0.717) is 31.9 Å². The van der Waals surface area contributed by atoms with Gasteiger partial charge in [0.05, 0.1) is 6.54 Å². The summed E-state index contributed by atoms with van der Waals surface area (Å²) in [5.74, 6) is 2.23. The molecule has 1 aliphatic rings. The van der Waals surface area contributed by atoms with Gasteiger partial charge in [0.1, 0.15) is 23.1 Å². The second-order valence-corrected chi connectivity index (χ2v) is 12.2. The normalized spacial score (nSPS) is 12.7. The Morgan fingerprint density at radius 2 is 1.53 bits per heavy atom. The van der Waals surface area contributed by atoms with Gasteiger partial charge in [0.25, 0.3) is 5.91 Å². The van der Waals surface area contributed by atoms with Gasteiger partial charge in [0.2, 0.25) is 6.79 Å². The van der Waals surface area contributed by atoms with Crippen molar-refractivity contribution in [1.29, 1.82) is 0 Å². The Morgan fingerprint density at radius 1 is 0.844 bits per heavy atom. The minimum atomic E-state index is -0.133. The monoisotopic (exact) mass is 619 g/mol. The maximum atomic E-state index is 13.0. The predicted molar refractivity (Wildman–Crippen MR) is 177 cm³/mol. The van der Waals surface area contributed by atoms with Crippen LogP contribution in [-0.4, -0.2) is 28.6 Å². The first-order valence-electron chi connectivity index (χ1n) is 15.2. The number of carbonyl (C=O) groups is 1. The van der Waals surface area contributed by atoms with Crippen molar-refractivity contribution in [3.05, 3.63) is 141 Å². The zero-order chi connectivity index (χ0) is 30.8. The molecular formula is C37H37N3O4S. The highest BCUT2D eigenvalue weighted by molar-refractivity contribution is 7.09. The average Bonchev–Trinajstić information content (AvgIpc) is 3.74. The summed E-state index contributed by atoms with van der Waals surface area (Å²) in [4.78, 5) is 20.1. The molecule has 1 atom stereocenters. The van der Waals surface area contributed by atoms with Crippen LogP contribution in [0.5, 0.6) is 17.2 Å². The van der Waals surface area contributed by atoms with Crippen LogP contribution in [0.1, 0.15) is 51.1 Å². The van der Waals surface area contributed by atoms with Gasteiger partial charge in [-0.1, -0.05) is 78.9 Å². The van der Waals surface area contributed by atoms with Gasteiger partial charge in [-0.2, -0.15) is 0 Å². The SMILES string of the molecule is CC(CCc1ccccc1)NC(=O)c1csc(CN(Cc2ccc(OCc3ccccc3)cc2)Cc2ccc3c(c2)OCO3)n1. The van der Waals surface area contributed by atoms with Crippen molar-refractivity contribution in [3.63, 3.8) is 0 Å². The van der Waals surface area contributed by atoms with E-state index in [0.717, 1.165) is 51.8 Å². The zero-order valence-corrected chi connectivity index (χ0v) is 26.2. The quantitative estimate of drug-likeness (QED) is 0.140. The van der Waals surface area contributed by atoms with Crippen molar-refractivity contribution < 1.29 is 19.0 Å². The third-order valence-corrected chi connectivity index (χ3v) is 8.48. The number of nitrogens with one attached hydrogen (secondary N) is 1. The van der Waals surface area contributed by atoms with Crippen LogP contribution in [0.4, 0.5) is 0 Å². The number of hydrogen-bond acceptors (Lipinski definition) is 7. The number of aryl methyl sites for hydroxylation is 1. The third-order valence-electron chi connectivity index (χ3n) is 7.65. The minimum Gasteiger partial charge on any atom is -0.489 e. The molecule has 2 heterocycles. The van der Waals surface area contributed by atoms with Gasteiger partial charge in [-0.15, -0.1) is 11.3 Å². The highest BCUT2D eigenvalue weighted by atomic mass is 32.1. The second kappa shape index (κ2) is 14.9. The molecule has 4 aromatic carbocycles. The van der Waals surface area contributed by atoms with E-state index in [1.807, 2.05) is 73.0 Å². The summed E-state index contributed by atoms with van der Waals surface area (Å²) < 4.78 is 17.1. The molecule has 0 bridgehead atoms. The van der Waals surface area contributed by atoms with E-state index >= 15 is 0 Å². The van der Waals surface area contributed by atoms with E-state index in [9.17, 15) is 4.79 Å². The van der Waals surface area contributed by atoms with Gasteiger partial charge in [-0.25, -0.2) is 4.98 Å². The lowest BCUT2D eigenvalue weighted by Crippen LogP contribution is -2.33. The van der Waals surface area contributed by atoms with Gasteiger partial charge in [0.15, 0.2) is 11.5 Å². The lowest BCUT2D eigenvalue weighted by atomic mass is 10.1. The van der Waals surface area contributed by atoms with Gasteiger partial charge in [-0.05, 0) is 66.3 Å². The maximum absolute atomic E-state index is 13.0. The van der Waals surface area contributed by atoms with E-state index in [-0.39, 0.29) is 18.7 Å². The van der Waals surface area contributed by atoms with Gasteiger partial charge < -0.3 is 19.5 Å². The van der Waals surface area contributed by atoms with Crippen molar-refractivity contribution in [3.8, 4) is 17.2 Å². The molecule has 0 aliphatic carbocycles. The van der Waals surface area contributed by atoms with E-state index in [1.165, 1.54) is 16.9 Å². The Kier molecular flexibility index (Phi) is 10.0. The molecule has 0 radical (unpaired) electrons. The fourth-order valence-corrected chi connectivity index (χ4v) is 6.05. The molecule has 1 aliphatic heterocycles. The fourth-order valence-electron chi connectivity index (χ4n) is 5.23. The molecule has 0 spiro atoms. The Morgan fingerprint density at radius 3 is 2.31 bits per heavy atom. The molecule has 5 aromatic rings. The molecule has 1 amide bonds. The van der Waals surface area contributed by atoms with Crippen LogP contribution >= 0.6 is 11.3 Å². The number of hydrogen-bond donors (Lipinski definition) is 1. The largest absolute Gasteiger partial charge is 0.489 e. The van der Waals surface area contributed by atoms with Crippen molar-refractivity contribution in [2.75, 3.05) is 6.79 Å². The molecular weight excluding hydrogens is 582 g/mol. The summed E-state index contributed by atoms with van der Waals surface area (Å²) in [5.41, 5.74) is 5.14. The number of nitrogens with zero attached hydrogens (tertiary/aromatic N) is 2. The number of rotatable bonds is 14. The van der Waals surface area contributed by atoms with Crippen LogP contribution in [0.15, 0.2) is 109 Å². The molecule has 1 unspecified atom stereocenters. The Hall–Kier alpha value is -4.66. The maximum Gasteiger partial charge on any atom is 0.270 e. The summed E-state index contributed by atoms with van der Waals surface area (Å²) in [7, 11) is 0. The number of thiazole rings is 1. The molecule has 45 heavy (non-hydrogen) atoms. The van der Waals surface area contributed by atoms with E-state index in [1.54, 1.807) is 0 Å². The van der Waals surface area contributed by atoms with Crippen LogP contribution in [0.2, 0.25) is 0 Å². The first-order chi connectivity index (χ1) is 22.1. The summed E-state index contributed by atoms with van der Waals surface area (Å²) in [6, 6.07) is 34.8. The smallest absolute Gasteiger partial charge is 0.270 e. The molecule has 7 nitrogen and oxygen atoms in total. The zero-order valence-electron chi connectivity index (χ0n) is 25.4. The average molecular weight is 620 g/mol. The van der Waals surface area contributed by atoms with Crippen LogP contribution in [0.3, 0.4) is 0 Å². The summed E-state index contributed by atoms with van der Waals surface area (Å²) in [6.07, 6.45) is 1.78.